The molecular formula is C21H26N6O3. The Hall–Kier alpha value is -3.10. The summed E-state index contributed by atoms with van der Waals surface area (Å²) in [5, 5.41) is 0. The zero-order valence-corrected chi connectivity index (χ0v) is 17.4. The number of aromatic nitrogens is 3. The third kappa shape index (κ3) is 3.38. The molecule has 5 rings (SSSR count). The van der Waals surface area contributed by atoms with Gasteiger partial charge < -0.3 is 19.3 Å². The minimum atomic E-state index is -0.280. The highest BCUT2D eigenvalue weighted by atomic mass is 16.6. The number of rotatable bonds is 5. The molecule has 9 nitrogen and oxygen atoms in total. The van der Waals surface area contributed by atoms with Gasteiger partial charge in [0.25, 0.3) is 0 Å². The maximum atomic E-state index is 12.8. The molecule has 2 saturated heterocycles. The van der Waals surface area contributed by atoms with Crippen LogP contribution in [-0.2, 0) is 24.2 Å². The third-order valence-electron chi connectivity index (χ3n) is 5.95. The van der Waals surface area contributed by atoms with Crippen LogP contribution in [0.4, 0.5) is 16.3 Å². The molecule has 0 saturated carbocycles. The lowest BCUT2D eigenvalue weighted by Crippen LogP contribution is -2.54. The van der Waals surface area contributed by atoms with E-state index >= 15 is 0 Å². The van der Waals surface area contributed by atoms with Crippen molar-refractivity contribution in [1.82, 2.24) is 19.9 Å². The first kappa shape index (κ1) is 18.9. The summed E-state index contributed by atoms with van der Waals surface area (Å²) in [5.74, 6) is 2.42. The van der Waals surface area contributed by atoms with Crippen LogP contribution in [0.15, 0.2) is 18.3 Å². The molecule has 0 N–H and O–H groups in total. The van der Waals surface area contributed by atoms with Crippen molar-refractivity contribution in [3.8, 4) is 5.88 Å². The van der Waals surface area contributed by atoms with Crippen molar-refractivity contribution in [2.45, 2.75) is 39.0 Å². The lowest BCUT2D eigenvalue weighted by Gasteiger charge is -2.40. The summed E-state index contributed by atoms with van der Waals surface area (Å²) in [5.41, 5.74) is 3.05. The second-order valence-corrected chi connectivity index (χ2v) is 7.91. The molecule has 1 amide bonds. The number of methoxy groups -OCH3 is 1. The van der Waals surface area contributed by atoms with Crippen LogP contribution in [0.3, 0.4) is 0 Å². The molecule has 2 aromatic rings. The number of hydrogen-bond donors (Lipinski definition) is 0. The monoisotopic (exact) mass is 410 g/mol. The van der Waals surface area contributed by atoms with Crippen LogP contribution in [-0.4, -0.2) is 65.3 Å². The summed E-state index contributed by atoms with van der Waals surface area (Å²) < 4.78 is 10.9. The summed E-state index contributed by atoms with van der Waals surface area (Å²) in [4.78, 5) is 32.5. The molecule has 30 heavy (non-hydrogen) atoms. The molecule has 0 spiro atoms. The van der Waals surface area contributed by atoms with Crippen LogP contribution in [0.2, 0.25) is 0 Å². The van der Waals surface area contributed by atoms with E-state index in [4.69, 9.17) is 14.5 Å². The van der Waals surface area contributed by atoms with Crippen molar-refractivity contribution >= 4 is 17.6 Å². The van der Waals surface area contributed by atoms with Gasteiger partial charge in [-0.15, -0.1) is 0 Å². The number of anilines is 2. The molecule has 0 atom stereocenters. The maximum Gasteiger partial charge on any atom is 0.410 e. The van der Waals surface area contributed by atoms with E-state index in [9.17, 15) is 4.79 Å². The van der Waals surface area contributed by atoms with Crippen molar-refractivity contribution in [2.24, 2.45) is 0 Å². The normalized spacial score (nSPS) is 18.0. The SMILES string of the molecule is CCc1nc2c(c(N3CCC3)n1)CN(C(=O)OC1CN(c3ccnc(OC)c3)C1)C2. The number of carbonyl (C=O) groups excluding carboxylic acids is 1. The van der Waals surface area contributed by atoms with E-state index in [2.05, 4.69) is 26.7 Å². The predicted octanol–water partition coefficient (Wildman–Crippen LogP) is 1.99. The number of fused-ring (bicyclic) bond motifs is 1. The van der Waals surface area contributed by atoms with Crippen molar-refractivity contribution in [3.05, 3.63) is 35.4 Å². The minimum Gasteiger partial charge on any atom is -0.481 e. The van der Waals surface area contributed by atoms with Gasteiger partial charge in [0.05, 0.1) is 39.0 Å². The van der Waals surface area contributed by atoms with Crippen LogP contribution >= 0.6 is 0 Å². The second kappa shape index (κ2) is 7.62. The molecule has 2 fully saturated rings. The van der Waals surface area contributed by atoms with Crippen LogP contribution < -0.4 is 14.5 Å². The van der Waals surface area contributed by atoms with Gasteiger partial charge in [-0.25, -0.2) is 19.7 Å². The van der Waals surface area contributed by atoms with Gasteiger partial charge in [0.15, 0.2) is 0 Å². The number of pyridine rings is 1. The number of amides is 1. The number of hydrogen-bond acceptors (Lipinski definition) is 8. The second-order valence-electron chi connectivity index (χ2n) is 7.91. The van der Waals surface area contributed by atoms with Gasteiger partial charge in [0, 0.05) is 43.0 Å². The van der Waals surface area contributed by atoms with Crippen molar-refractivity contribution < 1.29 is 14.3 Å². The Labute approximate surface area is 175 Å². The van der Waals surface area contributed by atoms with E-state index in [-0.39, 0.29) is 12.2 Å². The highest BCUT2D eigenvalue weighted by Crippen LogP contribution is 2.32. The fraction of sp³-hybridized carbons (Fsp3) is 0.524. The molecule has 0 radical (unpaired) electrons. The van der Waals surface area contributed by atoms with E-state index < -0.39 is 0 Å². The van der Waals surface area contributed by atoms with Crippen LogP contribution in [0.1, 0.15) is 30.4 Å². The minimum absolute atomic E-state index is 0.118. The molecule has 5 heterocycles. The summed E-state index contributed by atoms with van der Waals surface area (Å²) in [6.45, 7) is 6.44. The van der Waals surface area contributed by atoms with E-state index in [1.807, 2.05) is 12.1 Å². The van der Waals surface area contributed by atoms with Gasteiger partial charge in [-0.2, -0.15) is 0 Å². The summed E-state index contributed by atoms with van der Waals surface area (Å²) >= 11 is 0. The van der Waals surface area contributed by atoms with Crippen LogP contribution in [0, 0.1) is 0 Å². The molecule has 0 bridgehead atoms. The molecule has 158 valence electrons. The van der Waals surface area contributed by atoms with Crippen LogP contribution in [0.25, 0.3) is 0 Å². The molecule has 3 aliphatic heterocycles. The fourth-order valence-corrected chi connectivity index (χ4v) is 4.01. The lowest BCUT2D eigenvalue weighted by molar-refractivity contribution is 0.0490. The van der Waals surface area contributed by atoms with Gasteiger partial charge in [-0.1, -0.05) is 6.92 Å². The Morgan fingerprint density at radius 2 is 2.03 bits per heavy atom. The Morgan fingerprint density at radius 3 is 2.73 bits per heavy atom. The summed E-state index contributed by atoms with van der Waals surface area (Å²) in [7, 11) is 1.60. The first-order chi connectivity index (χ1) is 14.6. The molecule has 0 aliphatic carbocycles. The van der Waals surface area contributed by atoms with E-state index in [0.29, 0.717) is 32.1 Å². The molecule has 9 heteroatoms. The number of nitrogens with zero attached hydrogens (tertiary/aromatic N) is 6. The van der Waals surface area contributed by atoms with Gasteiger partial charge in [-0.3, -0.25) is 4.90 Å². The van der Waals surface area contributed by atoms with E-state index in [1.54, 1.807) is 18.2 Å². The fourth-order valence-electron chi connectivity index (χ4n) is 4.01. The standard InChI is InChI=1S/C21H26N6O3/c1-3-18-23-17-13-27(12-16(17)20(24-18)25-7-4-8-25)21(28)30-15-10-26(11-15)14-5-6-22-19(9-14)29-2/h5-6,9,15H,3-4,7-8,10-13H2,1-2H3. The van der Waals surface area contributed by atoms with Gasteiger partial charge in [0.1, 0.15) is 17.7 Å². The largest absolute Gasteiger partial charge is 0.481 e. The number of ether oxygens (including phenoxy) is 2. The molecule has 2 aromatic heterocycles. The third-order valence-corrected chi connectivity index (χ3v) is 5.95. The number of aryl methyl sites for hydroxylation is 1. The maximum absolute atomic E-state index is 12.8. The molecule has 0 aromatic carbocycles. The van der Waals surface area contributed by atoms with Crippen molar-refractivity contribution in [2.75, 3.05) is 43.1 Å². The van der Waals surface area contributed by atoms with E-state index in [0.717, 1.165) is 48.1 Å². The summed E-state index contributed by atoms with van der Waals surface area (Å²) in [6.07, 6.45) is 3.30. The first-order valence-electron chi connectivity index (χ1n) is 10.5. The Kier molecular flexibility index (Phi) is 4.80. The molecule has 0 unspecified atom stereocenters. The smallest absolute Gasteiger partial charge is 0.410 e. The van der Waals surface area contributed by atoms with Crippen LogP contribution in [0.5, 0.6) is 5.88 Å². The zero-order valence-electron chi connectivity index (χ0n) is 17.4. The molecular weight excluding hydrogens is 384 g/mol. The van der Waals surface area contributed by atoms with E-state index in [1.165, 1.54) is 6.42 Å². The molecule has 3 aliphatic rings. The van der Waals surface area contributed by atoms with Crippen molar-refractivity contribution in [3.63, 3.8) is 0 Å². The predicted molar refractivity (Wildman–Crippen MR) is 111 cm³/mol. The van der Waals surface area contributed by atoms with Gasteiger partial charge in [0.2, 0.25) is 5.88 Å². The van der Waals surface area contributed by atoms with Crippen molar-refractivity contribution in [1.29, 1.82) is 0 Å². The average molecular weight is 410 g/mol. The summed E-state index contributed by atoms with van der Waals surface area (Å²) in [6, 6.07) is 3.81. The van der Waals surface area contributed by atoms with Gasteiger partial charge in [-0.05, 0) is 12.5 Å². The topological polar surface area (TPSA) is 83.9 Å². The lowest BCUT2D eigenvalue weighted by atomic mass is 10.1. The quantitative estimate of drug-likeness (QED) is 0.740. The first-order valence-corrected chi connectivity index (χ1v) is 10.5. The average Bonchev–Trinajstić information content (AvgIpc) is 3.13. The highest BCUT2D eigenvalue weighted by Gasteiger charge is 2.36. The highest BCUT2D eigenvalue weighted by molar-refractivity contribution is 5.70. The Bertz CT molecular complexity index is 958. The number of carbonyl (C=O) groups is 1. The Balaban J connectivity index is 1.20. The van der Waals surface area contributed by atoms with Gasteiger partial charge >= 0.3 is 6.09 Å². The zero-order chi connectivity index (χ0) is 20.7. The Morgan fingerprint density at radius 1 is 1.20 bits per heavy atom.